The predicted molar refractivity (Wildman–Crippen MR) is 108 cm³/mol. The highest BCUT2D eigenvalue weighted by Gasteiger charge is 2.19. The SMILES string of the molecule is CCc1c(Sc2ccccc2C(=O)O)ccc(NC(=O)OC(C)(C)C)c1N. The molecule has 0 saturated carbocycles. The number of carbonyl (C=O) groups excluding carboxylic acids is 1. The molecular formula is C20H24N2O4S. The van der Waals surface area contributed by atoms with E-state index in [1.807, 2.05) is 13.0 Å². The molecule has 6 nitrogen and oxygen atoms in total. The minimum atomic E-state index is -0.979. The first-order valence-corrected chi connectivity index (χ1v) is 9.35. The van der Waals surface area contributed by atoms with E-state index >= 15 is 0 Å². The number of carboxylic acids is 1. The fourth-order valence-electron chi connectivity index (χ4n) is 2.48. The van der Waals surface area contributed by atoms with E-state index in [1.54, 1.807) is 51.1 Å². The van der Waals surface area contributed by atoms with Crippen LogP contribution in [-0.2, 0) is 11.2 Å². The lowest BCUT2D eigenvalue weighted by atomic mass is 10.1. The number of carbonyl (C=O) groups is 2. The third-order valence-corrected chi connectivity index (χ3v) is 4.82. The number of carboxylic acid groups (broad SMARTS) is 1. The molecule has 0 fully saturated rings. The highest BCUT2D eigenvalue weighted by Crippen LogP contribution is 2.38. The monoisotopic (exact) mass is 388 g/mol. The molecule has 2 rings (SSSR count). The van der Waals surface area contributed by atoms with Crippen molar-refractivity contribution in [2.24, 2.45) is 0 Å². The molecule has 2 aromatic carbocycles. The summed E-state index contributed by atoms with van der Waals surface area (Å²) in [6, 6.07) is 10.3. The average Bonchev–Trinajstić information content (AvgIpc) is 2.56. The zero-order valence-corrected chi connectivity index (χ0v) is 16.6. The fraction of sp³-hybridized carbons (Fsp3) is 0.300. The second-order valence-corrected chi connectivity index (χ2v) is 7.97. The van der Waals surface area contributed by atoms with Crippen LogP contribution in [-0.4, -0.2) is 22.8 Å². The van der Waals surface area contributed by atoms with Crippen LogP contribution in [0.15, 0.2) is 46.2 Å². The Morgan fingerprint density at radius 1 is 1.15 bits per heavy atom. The number of amides is 1. The van der Waals surface area contributed by atoms with Crippen LogP contribution in [0.5, 0.6) is 0 Å². The number of benzene rings is 2. The van der Waals surface area contributed by atoms with Gasteiger partial charge in [0, 0.05) is 9.79 Å². The van der Waals surface area contributed by atoms with Crippen molar-refractivity contribution >= 4 is 35.2 Å². The van der Waals surface area contributed by atoms with Crippen LogP contribution in [0.4, 0.5) is 16.2 Å². The van der Waals surface area contributed by atoms with Gasteiger partial charge in [-0.25, -0.2) is 9.59 Å². The number of nitrogens with one attached hydrogen (secondary N) is 1. The van der Waals surface area contributed by atoms with Crippen molar-refractivity contribution in [2.45, 2.75) is 49.5 Å². The number of hydrogen-bond donors (Lipinski definition) is 3. The number of aromatic carboxylic acids is 1. The Kier molecular flexibility index (Phi) is 6.38. The first kappa shape index (κ1) is 20.6. The quantitative estimate of drug-likeness (QED) is 0.621. The van der Waals surface area contributed by atoms with Gasteiger partial charge in [-0.2, -0.15) is 0 Å². The number of rotatable bonds is 5. The topological polar surface area (TPSA) is 102 Å². The molecule has 7 heteroatoms. The number of anilines is 2. The standard InChI is InChI=1S/C20H24N2O4S/c1-5-12-16(27-15-9-7-6-8-13(15)18(23)24)11-10-14(17(12)21)22-19(25)26-20(2,3)4/h6-11H,5,21H2,1-4H3,(H,22,25)(H,23,24). The van der Waals surface area contributed by atoms with Crippen molar-refractivity contribution in [1.29, 1.82) is 0 Å². The van der Waals surface area contributed by atoms with Crippen molar-refractivity contribution in [3.63, 3.8) is 0 Å². The second kappa shape index (κ2) is 8.35. The molecule has 0 aliphatic carbocycles. The largest absolute Gasteiger partial charge is 0.478 e. The lowest BCUT2D eigenvalue weighted by molar-refractivity contribution is 0.0634. The summed E-state index contributed by atoms with van der Waals surface area (Å²) in [5, 5.41) is 12.0. The summed E-state index contributed by atoms with van der Waals surface area (Å²) in [6.45, 7) is 7.31. The van der Waals surface area contributed by atoms with Gasteiger partial charge in [-0.1, -0.05) is 30.8 Å². The maximum absolute atomic E-state index is 12.0. The second-order valence-electron chi connectivity index (χ2n) is 6.89. The Bertz CT molecular complexity index is 860. The highest BCUT2D eigenvalue weighted by atomic mass is 32.2. The molecule has 4 N–H and O–H groups in total. The maximum atomic E-state index is 12.0. The first-order chi connectivity index (χ1) is 12.6. The molecule has 0 spiro atoms. The molecule has 0 unspecified atom stereocenters. The summed E-state index contributed by atoms with van der Waals surface area (Å²) in [4.78, 5) is 24.9. The van der Waals surface area contributed by atoms with Gasteiger partial charge in [0.2, 0.25) is 0 Å². The van der Waals surface area contributed by atoms with Crippen molar-refractivity contribution in [3.05, 3.63) is 47.5 Å². The van der Waals surface area contributed by atoms with Crippen LogP contribution in [0, 0.1) is 0 Å². The molecule has 2 aromatic rings. The molecule has 1 amide bonds. The zero-order chi connectivity index (χ0) is 20.2. The zero-order valence-electron chi connectivity index (χ0n) is 15.8. The Hall–Kier alpha value is -2.67. The summed E-state index contributed by atoms with van der Waals surface area (Å²) in [6.07, 6.45) is 0.0561. The highest BCUT2D eigenvalue weighted by molar-refractivity contribution is 7.99. The van der Waals surface area contributed by atoms with E-state index in [-0.39, 0.29) is 5.56 Å². The van der Waals surface area contributed by atoms with E-state index in [2.05, 4.69) is 5.32 Å². The molecule has 0 atom stereocenters. The number of nitrogen functional groups attached to an aromatic ring is 1. The molecule has 0 saturated heterocycles. The Balaban J connectivity index is 2.32. The van der Waals surface area contributed by atoms with Crippen LogP contribution in [0.25, 0.3) is 0 Å². The summed E-state index contributed by atoms with van der Waals surface area (Å²) < 4.78 is 5.26. The Labute approximate surface area is 163 Å². The minimum absolute atomic E-state index is 0.235. The lowest BCUT2D eigenvalue weighted by Gasteiger charge is -2.21. The normalized spacial score (nSPS) is 11.1. The van der Waals surface area contributed by atoms with E-state index in [0.717, 1.165) is 10.5 Å². The van der Waals surface area contributed by atoms with Gasteiger partial charge in [-0.15, -0.1) is 0 Å². The molecule has 0 aliphatic rings. The number of hydrogen-bond acceptors (Lipinski definition) is 5. The van der Waals surface area contributed by atoms with Crippen molar-refractivity contribution in [2.75, 3.05) is 11.1 Å². The van der Waals surface area contributed by atoms with E-state index in [9.17, 15) is 14.7 Å². The van der Waals surface area contributed by atoms with Gasteiger partial charge < -0.3 is 15.6 Å². The summed E-state index contributed by atoms with van der Waals surface area (Å²) >= 11 is 1.34. The molecule has 0 bridgehead atoms. The van der Waals surface area contributed by atoms with Gasteiger partial charge >= 0.3 is 12.1 Å². The molecule has 0 aromatic heterocycles. The van der Waals surface area contributed by atoms with Crippen molar-refractivity contribution in [1.82, 2.24) is 0 Å². The molecule has 144 valence electrons. The predicted octanol–water partition coefficient (Wildman–Crippen LogP) is 5.03. The molecular weight excluding hydrogens is 364 g/mol. The lowest BCUT2D eigenvalue weighted by Crippen LogP contribution is -2.27. The maximum Gasteiger partial charge on any atom is 0.412 e. The van der Waals surface area contributed by atoms with Gasteiger partial charge in [0.15, 0.2) is 0 Å². The van der Waals surface area contributed by atoms with Crippen molar-refractivity contribution in [3.8, 4) is 0 Å². The minimum Gasteiger partial charge on any atom is -0.478 e. The van der Waals surface area contributed by atoms with Gasteiger partial charge in [0.05, 0.1) is 16.9 Å². The third kappa shape index (κ3) is 5.40. The molecule has 27 heavy (non-hydrogen) atoms. The Morgan fingerprint density at radius 2 is 1.81 bits per heavy atom. The van der Waals surface area contributed by atoms with E-state index in [4.69, 9.17) is 10.5 Å². The third-order valence-electron chi connectivity index (χ3n) is 3.64. The summed E-state index contributed by atoms with van der Waals surface area (Å²) in [5.41, 5.74) is 7.64. The van der Waals surface area contributed by atoms with E-state index in [0.29, 0.717) is 22.7 Å². The van der Waals surface area contributed by atoms with Crippen molar-refractivity contribution < 1.29 is 19.4 Å². The van der Waals surface area contributed by atoms with Crippen LogP contribution in [0.1, 0.15) is 43.6 Å². The molecule has 0 heterocycles. The summed E-state index contributed by atoms with van der Waals surface area (Å²) in [5.74, 6) is -0.979. The van der Waals surface area contributed by atoms with Gasteiger partial charge in [-0.05, 0) is 57.0 Å². The first-order valence-electron chi connectivity index (χ1n) is 8.54. The average molecular weight is 388 g/mol. The molecule has 0 aliphatic heterocycles. The van der Waals surface area contributed by atoms with Gasteiger partial charge in [0.25, 0.3) is 0 Å². The van der Waals surface area contributed by atoms with Gasteiger partial charge in [-0.3, -0.25) is 5.32 Å². The van der Waals surface area contributed by atoms with Crippen LogP contribution < -0.4 is 11.1 Å². The van der Waals surface area contributed by atoms with Crippen LogP contribution in [0.3, 0.4) is 0 Å². The smallest absolute Gasteiger partial charge is 0.412 e. The molecule has 0 radical (unpaired) electrons. The van der Waals surface area contributed by atoms with E-state index in [1.165, 1.54) is 11.8 Å². The van der Waals surface area contributed by atoms with Gasteiger partial charge in [0.1, 0.15) is 5.60 Å². The number of nitrogens with two attached hydrogens (primary N) is 1. The summed E-state index contributed by atoms with van der Waals surface area (Å²) in [7, 11) is 0. The van der Waals surface area contributed by atoms with Crippen LogP contribution >= 0.6 is 11.8 Å². The van der Waals surface area contributed by atoms with E-state index < -0.39 is 17.7 Å². The fourth-order valence-corrected chi connectivity index (χ4v) is 3.64. The Morgan fingerprint density at radius 3 is 2.41 bits per heavy atom. The number of ether oxygens (including phenoxy) is 1. The van der Waals surface area contributed by atoms with Crippen LogP contribution in [0.2, 0.25) is 0 Å².